The first-order valence-electron chi connectivity index (χ1n) is 2.79. The Hall–Kier alpha value is -0.0500. The van der Waals surface area contributed by atoms with Gasteiger partial charge in [-0.1, -0.05) is 24.3 Å². The molecular formula is C8H11I. The fourth-order valence-corrected chi connectivity index (χ4v) is 0.553. The molecule has 0 saturated carbocycles. The van der Waals surface area contributed by atoms with Gasteiger partial charge >= 0.3 is 0 Å². The highest BCUT2D eigenvalue weighted by molar-refractivity contribution is 14.1. The molecule has 0 aliphatic carbocycles. The highest BCUT2D eigenvalue weighted by atomic mass is 127. The molecule has 0 unspecified atom stereocenters. The molecule has 0 aliphatic heterocycles. The molecule has 0 aromatic heterocycles. The van der Waals surface area contributed by atoms with E-state index >= 15 is 0 Å². The zero-order chi connectivity index (χ0) is 7.28. The Morgan fingerprint density at radius 2 is 2.00 bits per heavy atom. The van der Waals surface area contributed by atoms with E-state index in [1.807, 2.05) is 12.2 Å². The molecule has 9 heavy (non-hydrogen) atoms. The van der Waals surface area contributed by atoms with E-state index in [4.69, 9.17) is 0 Å². The van der Waals surface area contributed by atoms with Gasteiger partial charge in [-0.05, 0) is 42.5 Å². The first-order valence-corrected chi connectivity index (χ1v) is 3.87. The molecule has 0 heterocycles. The molecule has 0 saturated heterocycles. The fourth-order valence-electron chi connectivity index (χ4n) is 0.345. The first-order chi connectivity index (χ1) is 4.13. The fraction of sp³-hybridized carbons (Fsp3) is 0.250. The van der Waals surface area contributed by atoms with Crippen LogP contribution in [0.3, 0.4) is 0 Å². The largest absolute Gasteiger partial charge is 0.0856 e. The Morgan fingerprint density at radius 1 is 1.44 bits per heavy atom. The van der Waals surface area contributed by atoms with Gasteiger partial charge < -0.3 is 0 Å². The number of hydrogen-bond donors (Lipinski definition) is 0. The van der Waals surface area contributed by atoms with Crippen LogP contribution in [0.4, 0.5) is 0 Å². The normalized spacial score (nSPS) is 9.67. The van der Waals surface area contributed by atoms with E-state index in [0.29, 0.717) is 0 Å². The minimum Gasteiger partial charge on any atom is -0.0856 e. The third kappa shape index (κ3) is 7.95. The maximum absolute atomic E-state index is 3.72. The Kier molecular flexibility index (Phi) is 4.77. The Balaban J connectivity index is 3.74. The molecule has 0 spiro atoms. The minimum absolute atomic E-state index is 1.06. The highest BCUT2D eigenvalue weighted by Gasteiger charge is 1.72. The SMILES string of the molecule is C=C(I)/C=C\C=C(C)C. The lowest BCUT2D eigenvalue weighted by atomic mass is 10.3. The van der Waals surface area contributed by atoms with Gasteiger partial charge in [0.1, 0.15) is 0 Å². The molecule has 0 bridgehead atoms. The Bertz CT molecular complexity index is 148. The summed E-state index contributed by atoms with van der Waals surface area (Å²) in [6.07, 6.45) is 6.04. The summed E-state index contributed by atoms with van der Waals surface area (Å²) in [7, 11) is 0. The molecule has 0 fully saturated rings. The predicted octanol–water partition coefficient (Wildman–Crippen LogP) is 3.46. The van der Waals surface area contributed by atoms with Crippen molar-refractivity contribution in [3.8, 4) is 0 Å². The van der Waals surface area contributed by atoms with Gasteiger partial charge in [-0.2, -0.15) is 0 Å². The van der Waals surface area contributed by atoms with E-state index in [-0.39, 0.29) is 0 Å². The van der Waals surface area contributed by atoms with Crippen LogP contribution in [0.15, 0.2) is 34.0 Å². The lowest BCUT2D eigenvalue weighted by Gasteiger charge is -1.81. The molecule has 0 nitrogen and oxygen atoms in total. The van der Waals surface area contributed by atoms with E-state index < -0.39 is 0 Å². The van der Waals surface area contributed by atoms with Gasteiger partial charge in [0.05, 0.1) is 0 Å². The number of hydrogen-bond acceptors (Lipinski definition) is 0. The maximum Gasteiger partial charge on any atom is 0.00579 e. The quantitative estimate of drug-likeness (QED) is 0.507. The molecule has 0 N–H and O–H groups in total. The summed E-state index contributed by atoms with van der Waals surface area (Å²) < 4.78 is 1.06. The zero-order valence-electron chi connectivity index (χ0n) is 5.82. The smallest absolute Gasteiger partial charge is 0.00579 e. The molecule has 0 amide bonds. The van der Waals surface area contributed by atoms with Gasteiger partial charge in [-0.25, -0.2) is 0 Å². The standard InChI is InChI=1S/C8H11I/c1-7(2)5-4-6-8(3)9/h4-6H,3H2,1-2H3/b6-4-. The van der Waals surface area contributed by atoms with E-state index in [1.54, 1.807) is 0 Å². The second kappa shape index (κ2) is 4.79. The van der Waals surface area contributed by atoms with Crippen molar-refractivity contribution in [3.05, 3.63) is 34.0 Å². The molecule has 0 aromatic carbocycles. The second-order valence-electron chi connectivity index (χ2n) is 2.05. The lowest BCUT2D eigenvalue weighted by molar-refractivity contribution is 1.39. The molecular weight excluding hydrogens is 223 g/mol. The van der Waals surface area contributed by atoms with Crippen LogP contribution in [0.25, 0.3) is 0 Å². The molecule has 0 atom stereocenters. The van der Waals surface area contributed by atoms with Crippen LogP contribution in [-0.2, 0) is 0 Å². The summed E-state index contributed by atoms with van der Waals surface area (Å²) in [5, 5.41) is 0. The summed E-state index contributed by atoms with van der Waals surface area (Å²) in [5.41, 5.74) is 1.31. The molecule has 0 aliphatic rings. The van der Waals surface area contributed by atoms with Crippen molar-refractivity contribution in [1.29, 1.82) is 0 Å². The van der Waals surface area contributed by atoms with E-state index in [2.05, 4.69) is 49.1 Å². The monoisotopic (exact) mass is 234 g/mol. The number of halogens is 1. The molecule has 1 heteroatoms. The van der Waals surface area contributed by atoms with E-state index in [0.717, 1.165) is 3.58 Å². The topological polar surface area (TPSA) is 0 Å². The van der Waals surface area contributed by atoms with E-state index in [9.17, 15) is 0 Å². The van der Waals surface area contributed by atoms with Crippen LogP contribution in [0, 0.1) is 0 Å². The van der Waals surface area contributed by atoms with Crippen LogP contribution >= 0.6 is 22.6 Å². The third-order valence-electron chi connectivity index (χ3n) is 0.707. The van der Waals surface area contributed by atoms with Crippen LogP contribution in [0.5, 0.6) is 0 Å². The lowest BCUT2D eigenvalue weighted by Crippen LogP contribution is -1.59. The van der Waals surface area contributed by atoms with Crippen molar-refractivity contribution in [2.45, 2.75) is 13.8 Å². The van der Waals surface area contributed by atoms with Gasteiger partial charge in [0, 0.05) is 3.58 Å². The van der Waals surface area contributed by atoms with Gasteiger partial charge in [0.2, 0.25) is 0 Å². The third-order valence-corrected chi connectivity index (χ3v) is 1.07. The van der Waals surface area contributed by atoms with Crippen LogP contribution in [0.2, 0.25) is 0 Å². The van der Waals surface area contributed by atoms with Crippen molar-refractivity contribution in [2.75, 3.05) is 0 Å². The van der Waals surface area contributed by atoms with Crippen molar-refractivity contribution >= 4 is 22.6 Å². The van der Waals surface area contributed by atoms with Gasteiger partial charge in [-0.3, -0.25) is 0 Å². The summed E-state index contributed by atoms with van der Waals surface area (Å²) in [4.78, 5) is 0. The van der Waals surface area contributed by atoms with Gasteiger partial charge in [0.15, 0.2) is 0 Å². The molecule has 0 rings (SSSR count). The Morgan fingerprint density at radius 3 is 2.33 bits per heavy atom. The van der Waals surface area contributed by atoms with Crippen LogP contribution < -0.4 is 0 Å². The van der Waals surface area contributed by atoms with Crippen molar-refractivity contribution in [3.63, 3.8) is 0 Å². The second-order valence-corrected chi connectivity index (χ2v) is 3.44. The van der Waals surface area contributed by atoms with E-state index in [1.165, 1.54) is 5.57 Å². The Labute approximate surface area is 70.5 Å². The highest BCUT2D eigenvalue weighted by Crippen LogP contribution is 2.03. The summed E-state index contributed by atoms with van der Waals surface area (Å²) >= 11 is 2.18. The predicted molar refractivity (Wildman–Crippen MR) is 51.7 cm³/mol. The number of rotatable bonds is 2. The molecule has 0 aromatic rings. The number of allylic oxidation sites excluding steroid dienone is 5. The average molecular weight is 234 g/mol. The molecule has 0 radical (unpaired) electrons. The zero-order valence-corrected chi connectivity index (χ0v) is 7.97. The van der Waals surface area contributed by atoms with Crippen molar-refractivity contribution in [1.82, 2.24) is 0 Å². The summed E-state index contributed by atoms with van der Waals surface area (Å²) in [6, 6.07) is 0. The maximum atomic E-state index is 3.72. The summed E-state index contributed by atoms with van der Waals surface area (Å²) in [5.74, 6) is 0. The van der Waals surface area contributed by atoms with Crippen LogP contribution in [0.1, 0.15) is 13.8 Å². The van der Waals surface area contributed by atoms with Gasteiger partial charge in [0.25, 0.3) is 0 Å². The van der Waals surface area contributed by atoms with Gasteiger partial charge in [-0.15, -0.1) is 0 Å². The summed E-state index contributed by atoms with van der Waals surface area (Å²) in [6.45, 7) is 7.86. The average Bonchev–Trinajstić information content (AvgIpc) is 1.63. The van der Waals surface area contributed by atoms with Crippen molar-refractivity contribution in [2.24, 2.45) is 0 Å². The first kappa shape index (κ1) is 8.95. The molecule has 50 valence electrons. The van der Waals surface area contributed by atoms with Crippen LogP contribution in [-0.4, -0.2) is 0 Å². The minimum atomic E-state index is 1.06. The van der Waals surface area contributed by atoms with Crippen molar-refractivity contribution < 1.29 is 0 Å².